The summed E-state index contributed by atoms with van der Waals surface area (Å²) in [5, 5.41) is 4.24. The first kappa shape index (κ1) is 18.9. The first-order chi connectivity index (χ1) is 14.0. The maximum Gasteiger partial charge on any atom is 0.254 e. The van der Waals surface area contributed by atoms with E-state index in [1.165, 1.54) is 0 Å². The lowest BCUT2D eigenvalue weighted by Gasteiger charge is -2.35. The van der Waals surface area contributed by atoms with E-state index in [9.17, 15) is 4.79 Å². The van der Waals surface area contributed by atoms with Gasteiger partial charge in [-0.3, -0.25) is 4.79 Å². The van der Waals surface area contributed by atoms with E-state index in [-0.39, 0.29) is 5.91 Å². The summed E-state index contributed by atoms with van der Waals surface area (Å²) in [6, 6.07) is 11.4. The fourth-order valence-corrected chi connectivity index (χ4v) is 3.40. The Hall–Kier alpha value is -3.42. The highest BCUT2D eigenvalue weighted by atomic mass is 16.2. The van der Waals surface area contributed by atoms with Crippen molar-refractivity contribution < 1.29 is 4.79 Å². The van der Waals surface area contributed by atoms with Crippen molar-refractivity contribution >= 4 is 17.7 Å². The molecule has 1 aliphatic rings. The molecule has 0 atom stereocenters. The van der Waals surface area contributed by atoms with E-state index in [2.05, 4.69) is 20.0 Å². The Kier molecular flexibility index (Phi) is 5.16. The Labute approximate surface area is 170 Å². The van der Waals surface area contributed by atoms with Gasteiger partial charge < -0.3 is 14.7 Å². The normalized spacial score (nSPS) is 14.2. The average molecular weight is 391 g/mol. The zero-order valence-electron chi connectivity index (χ0n) is 17.0. The van der Waals surface area contributed by atoms with E-state index in [1.807, 2.05) is 73.4 Å². The molecule has 150 valence electrons. The summed E-state index contributed by atoms with van der Waals surface area (Å²) in [6.07, 6.45) is 3.59. The van der Waals surface area contributed by atoms with Crippen LogP contribution in [0.5, 0.6) is 0 Å². The van der Waals surface area contributed by atoms with Gasteiger partial charge in [-0.15, -0.1) is 0 Å². The van der Waals surface area contributed by atoms with Gasteiger partial charge in [0.2, 0.25) is 5.95 Å². The number of aromatic nitrogens is 4. The molecule has 0 unspecified atom stereocenters. The third kappa shape index (κ3) is 4.06. The van der Waals surface area contributed by atoms with Crippen molar-refractivity contribution in [3.05, 3.63) is 60.0 Å². The molecule has 0 radical (unpaired) electrons. The molecule has 29 heavy (non-hydrogen) atoms. The molecule has 1 aliphatic heterocycles. The summed E-state index contributed by atoms with van der Waals surface area (Å²) in [7, 11) is 3.94. The van der Waals surface area contributed by atoms with Crippen molar-refractivity contribution in [2.75, 3.05) is 50.1 Å². The maximum atomic E-state index is 13.0. The number of benzene rings is 1. The van der Waals surface area contributed by atoms with Gasteiger partial charge in [0.1, 0.15) is 5.82 Å². The highest BCUT2D eigenvalue weighted by molar-refractivity contribution is 5.95. The molecule has 1 saturated heterocycles. The van der Waals surface area contributed by atoms with Gasteiger partial charge in [-0.25, -0.2) is 9.67 Å². The van der Waals surface area contributed by atoms with Gasteiger partial charge in [0.05, 0.1) is 5.69 Å². The van der Waals surface area contributed by atoms with Gasteiger partial charge in [-0.2, -0.15) is 10.1 Å². The summed E-state index contributed by atoms with van der Waals surface area (Å²) >= 11 is 0. The smallest absolute Gasteiger partial charge is 0.254 e. The lowest BCUT2D eigenvalue weighted by atomic mass is 10.1. The lowest BCUT2D eigenvalue weighted by molar-refractivity contribution is 0.0746. The molecule has 3 heterocycles. The van der Waals surface area contributed by atoms with Crippen LogP contribution < -0.4 is 9.80 Å². The fourth-order valence-electron chi connectivity index (χ4n) is 3.40. The first-order valence-electron chi connectivity index (χ1n) is 9.68. The largest absolute Gasteiger partial charge is 0.363 e. The zero-order valence-corrected chi connectivity index (χ0v) is 17.0. The summed E-state index contributed by atoms with van der Waals surface area (Å²) < 4.78 is 1.76. The summed E-state index contributed by atoms with van der Waals surface area (Å²) in [6.45, 7) is 4.67. The number of piperazine rings is 1. The molecule has 1 aromatic carbocycles. The van der Waals surface area contributed by atoms with Crippen LogP contribution in [0.15, 0.2) is 48.8 Å². The second kappa shape index (κ2) is 7.90. The van der Waals surface area contributed by atoms with Crippen molar-refractivity contribution in [2.24, 2.45) is 0 Å². The standard InChI is InChI=1S/C21H25N7O/c1-16-14-19(25(2)3)24-21(23-16)27-12-10-26(11-13-27)20(29)17-6-4-7-18(15-17)28-9-5-8-22-28/h4-9,14-15H,10-13H2,1-3H3. The third-order valence-corrected chi connectivity index (χ3v) is 5.00. The van der Waals surface area contributed by atoms with Gasteiger partial charge >= 0.3 is 0 Å². The van der Waals surface area contributed by atoms with E-state index >= 15 is 0 Å². The molecule has 0 N–H and O–H groups in total. The van der Waals surface area contributed by atoms with Crippen LogP contribution in [0.3, 0.4) is 0 Å². The Morgan fingerprint density at radius 2 is 1.83 bits per heavy atom. The van der Waals surface area contributed by atoms with Crippen LogP contribution in [0.1, 0.15) is 16.1 Å². The predicted octanol–water partition coefficient (Wildman–Crippen LogP) is 2.00. The maximum absolute atomic E-state index is 13.0. The Bertz CT molecular complexity index is 992. The summed E-state index contributed by atoms with van der Waals surface area (Å²) in [4.78, 5) is 28.2. The van der Waals surface area contributed by atoms with Crippen LogP contribution in [-0.4, -0.2) is 70.8 Å². The molecule has 0 bridgehead atoms. The Morgan fingerprint density at radius 3 is 2.52 bits per heavy atom. The number of rotatable bonds is 4. The fraction of sp³-hybridized carbons (Fsp3) is 0.333. The van der Waals surface area contributed by atoms with Gasteiger partial charge in [0.25, 0.3) is 5.91 Å². The molecule has 8 heteroatoms. The second-order valence-electron chi connectivity index (χ2n) is 7.34. The SMILES string of the molecule is Cc1cc(N(C)C)nc(N2CCN(C(=O)c3cccc(-n4cccn4)c3)CC2)n1. The van der Waals surface area contributed by atoms with Crippen LogP contribution >= 0.6 is 0 Å². The minimum absolute atomic E-state index is 0.0396. The lowest BCUT2D eigenvalue weighted by Crippen LogP contribution is -2.49. The van der Waals surface area contributed by atoms with Crippen molar-refractivity contribution in [3.63, 3.8) is 0 Å². The molecule has 2 aromatic heterocycles. The number of hydrogen-bond acceptors (Lipinski definition) is 6. The van der Waals surface area contributed by atoms with Crippen molar-refractivity contribution in [1.29, 1.82) is 0 Å². The van der Waals surface area contributed by atoms with Gasteiger partial charge in [-0.05, 0) is 31.2 Å². The van der Waals surface area contributed by atoms with Crippen molar-refractivity contribution in [3.8, 4) is 5.69 Å². The highest BCUT2D eigenvalue weighted by Crippen LogP contribution is 2.19. The van der Waals surface area contributed by atoms with Crippen LogP contribution in [0.2, 0.25) is 0 Å². The Balaban J connectivity index is 1.45. The third-order valence-electron chi connectivity index (χ3n) is 5.00. The van der Waals surface area contributed by atoms with E-state index in [0.29, 0.717) is 31.7 Å². The first-order valence-corrected chi connectivity index (χ1v) is 9.68. The number of carbonyl (C=O) groups excluding carboxylic acids is 1. The molecule has 0 saturated carbocycles. The molecule has 1 fully saturated rings. The van der Waals surface area contributed by atoms with Crippen molar-refractivity contribution in [1.82, 2.24) is 24.6 Å². The topological polar surface area (TPSA) is 70.4 Å². The van der Waals surface area contributed by atoms with E-state index < -0.39 is 0 Å². The number of aryl methyl sites for hydroxylation is 1. The van der Waals surface area contributed by atoms with Gasteiger partial charge in [0.15, 0.2) is 0 Å². The number of nitrogens with zero attached hydrogens (tertiary/aromatic N) is 7. The second-order valence-corrected chi connectivity index (χ2v) is 7.34. The monoisotopic (exact) mass is 391 g/mol. The van der Waals surface area contributed by atoms with Crippen LogP contribution in [-0.2, 0) is 0 Å². The van der Waals surface area contributed by atoms with Gasteiger partial charge in [0, 0.05) is 70.0 Å². The molecule has 8 nitrogen and oxygen atoms in total. The number of carbonyl (C=O) groups is 1. The highest BCUT2D eigenvalue weighted by Gasteiger charge is 2.24. The van der Waals surface area contributed by atoms with Crippen molar-refractivity contribution in [2.45, 2.75) is 6.92 Å². The molecule has 0 aliphatic carbocycles. The predicted molar refractivity (Wildman–Crippen MR) is 113 cm³/mol. The minimum atomic E-state index is 0.0396. The summed E-state index contributed by atoms with van der Waals surface area (Å²) in [5.41, 5.74) is 2.49. The molecule has 4 rings (SSSR count). The molecule has 0 spiro atoms. The number of anilines is 2. The van der Waals surface area contributed by atoms with E-state index in [0.717, 1.165) is 23.1 Å². The van der Waals surface area contributed by atoms with Crippen LogP contribution in [0.25, 0.3) is 5.69 Å². The molecular weight excluding hydrogens is 366 g/mol. The minimum Gasteiger partial charge on any atom is -0.363 e. The van der Waals surface area contributed by atoms with Crippen LogP contribution in [0.4, 0.5) is 11.8 Å². The van der Waals surface area contributed by atoms with E-state index in [4.69, 9.17) is 0 Å². The van der Waals surface area contributed by atoms with Gasteiger partial charge in [-0.1, -0.05) is 6.07 Å². The average Bonchev–Trinajstić information content (AvgIpc) is 3.28. The molecular formula is C21H25N7O. The quantitative estimate of drug-likeness (QED) is 0.678. The zero-order chi connectivity index (χ0) is 20.4. The summed E-state index contributed by atoms with van der Waals surface area (Å²) in [5.74, 6) is 1.65. The molecule has 1 amide bonds. The molecule has 3 aromatic rings. The Morgan fingerprint density at radius 1 is 1.03 bits per heavy atom. The number of amides is 1. The van der Waals surface area contributed by atoms with Crippen LogP contribution in [0, 0.1) is 6.92 Å². The number of hydrogen-bond donors (Lipinski definition) is 0. The van der Waals surface area contributed by atoms with E-state index in [1.54, 1.807) is 10.9 Å².